The highest BCUT2D eigenvalue weighted by molar-refractivity contribution is 7.92. The first kappa shape index (κ1) is 27.5. The fourth-order valence-corrected chi connectivity index (χ4v) is 6.02. The molecular weight excluding hydrogens is 519 g/mol. The van der Waals surface area contributed by atoms with Crippen LogP contribution in [-0.4, -0.2) is 32.1 Å². The summed E-state index contributed by atoms with van der Waals surface area (Å²) in [6.45, 7) is 6.60. The quantitative estimate of drug-likeness (QED) is 0.384. The van der Waals surface area contributed by atoms with Crippen molar-refractivity contribution in [3.05, 3.63) is 77.4 Å². The Balaban J connectivity index is 1.86. The fourth-order valence-electron chi connectivity index (χ4n) is 4.48. The van der Waals surface area contributed by atoms with Gasteiger partial charge >= 0.3 is 12.1 Å². The van der Waals surface area contributed by atoms with Crippen LogP contribution in [0.5, 0.6) is 5.75 Å². The molecule has 0 aliphatic carbocycles. The van der Waals surface area contributed by atoms with Crippen molar-refractivity contribution >= 4 is 21.7 Å². The molecule has 3 aromatic rings. The Morgan fingerprint density at radius 3 is 2.42 bits per heavy atom. The number of alkyl halides is 3. The number of halogens is 3. The van der Waals surface area contributed by atoms with Crippen LogP contribution in [0.1, 0.15) is 37.0 Å². The van der Waals surface area contributed by atoms with Gasteiger partial charge in [-0.15, -0.1) is 0 Å². The smallest absolute Gasteiger partial charge is 0.416 e. The summed E-state index contributed by atoms with van der Waals surface area (Å²) in [5.41, 5.74) is 1.40. The lowest BCUT2D eigenvalue weighted by atomic mass is 9.86. The summed E-state index contributed by atoms with van der Waals surface area (Å²) in [6.07, 6.45) is -5.59. The van der Waals surface area contributed by atoms with Crippen molar-refractivity contribution in [3.63, 3.8) is 0 Å². The molecule has 1 aliphatic heterocycles. The zero-order chi connectivity index (χ0) is 28.0. The predicted molar refractivity (Wildman–Crippen MR) is 138 cm³/mol. The molecule has 0 aromatic heterocycles. The van der Waals surface area contributed by atoms with Crippen molar-refractivity contribution in [2.75, 3.05) is 10.8 Å². The number of sulfonamides is 1. The third kappa shape index (κ3) is 5.36. The molecule has 0 radical (unpaired) electrons. The number of hydrogen-bond donors (Lipinski definition) is 1. The number of ether oxygens (including phenoxy) is 1. The average molecular weight is 548 g/mol. The van der Waals surface area contributed by atoms with Gasteiger partial charge in [0.15, 0.2) is 0 Å². The highest BCUT2D eigenvalue weighted by Gasteiger charge is 2.40. The zero-order valence-corrected chi connectivity index (χ0v) is 22.2. The van der Waals surface area contributed by atoms with Gasteiger partial charge in [0.05, 0.1) is 28.1 Å². The summed E-state index contributed by atoms with van der Waals surface area (Å²) in [6, 6.07) is 14.5. The summed E-state index contributed by atoms with van der Waals surface area (Å²) < 4.78 is 74.9. The normalized spacial score (nSPS) is 16.1. The van der Waals surface area contributed by atoms with Crippen LogP contribution >= 0.6 is 0 Å². The van der Waals surface area contributed by atoms with Crippen molar-refractivity contribution in [1.82, 2.24) is 0 Å². The van der Waals surface area contributed by atoms with Crippen LogP contribution in [0.3, 0.4) is 0 Å². The van der Waals surface area contributed by atoms with E-state index in [-0.39, 0.29) is 24.4 Å². The van der Waals surface area contributed by atoms with Gasteiger partial charge in [0, 0.05) is 6.42 Å². The van der Waals surface area contributed by atoms with E-state index in [1.807, 2.05) is 32.0 Å². The molecule has 0 bridgehead atoms. The predicted octanol–water partition coefficient (Wildman–Crippen LogP) is 6.45. The van der Waals surface area contributed by atoms with E-state index in [1.165, 1.54) is 13.8 Å². The zero-order valence-electron chi connectivity index (χ0n) is 21.3. The number of fused-ring (bicyclic) bond motifs is 1. The first-order valence-corrected chi connectivity index (χ1v) is 13.4. The second-order valence-electron chi connectivity index (χ2n) is 10.2. The van der Waals surface area contributed by atoms with E-state index in [1.54, 1.807) is 18.2 Å². The summed E-state index contributed by atoms with van der Waals surface area (Å²) in [7, 11) is -4.48. The van der Waals surface area contributed by atoms with E-state index in [2.05, 4.69) is 0 Å². The Labute approximate surface area is 219 Å². The molecule has 38 heavy (non-hydrogen) atoms. The molecule has 6 nitrogen and oxygen atoms in total. The maximum Gasteiger partial charge on any atom is 0.416 e. The van der Waals surface area contributed by atoms with Gasteiger partial charge in [0.2, 0.25) is 0 Å². The number of aryl methyl sites for hydroxylation is 2. The van der Waals surface area contributed by atoms with E-state index in [9.17, 15) is 31.5 Å². The van der Waals surface area contributed by atoms with Crippen molar-refractivity contribution in [2.45, 2.75) is 51.3 Å². The minimum absolute atomic E-state index is 0.0187. The van der Waals surface area contributed by atoms with Gasteiger partial charge in [-0.3, -0.25) is 9.10 Å². The summed E-state index contributed by atoms with van der Waals surface area (Å²) in [5.74, 6) is -0.878. The van der Waals surface area contributed by atoms with Gasteiger partial charge in [-0.1, -0.05) is 35.9 Å². The molecule has 3 aromatic carbocycles. The van der Waals surface area contributed by atoms with Gasteiger partial charge in [0.1, 0.15) is 11.9 Å². The first-order valence-electron chi connectivity index (χ1n) is 11.9. The minimum Gasteiger partial charge on any atom is -0.486 e. The Morgan fingerprint density at radius 2 is 1.76 bits per heavy atom. The van der Waals surface area contributed by atoms with Crippen LogP contribution in [0.15, 0.2) is 65.6 Å². The van der Waals surface area contributed by atoms with Crippen LogP contribution < -0.4 is 9.04 Å². The van der Waals surface area contributed by atoms with Crippen molar-refractivity contribution in [3.8, 4) is 16.9 Å². The molecular formula is C28H28F3NO5S. The molecule has 10 heteroatoms. The Kier molecular flexibility index (Phi) is 6.98. The molecule has 1 atom stereocenters. The van der Waals surface area contributed by atoms with Crippen molar-refractivity contribution in [1.29, 1.82) is 0 Å². The second-order valence-corrected chi connectivity index (χ2v) is 12.1. The number of carboxylic acid groups (broad SMARTS) is 1. The van der Waals surface area contributed by atoms with Gasteiger partial charge < -0.3 is 9.84 Å². The molecule has 0 fully saturated rings. The van der Waals surface area contributed by atoms with E-state index in [0.717, 1.165) is 39.2 Å². The van der Waals surface area contributed by atoms with E-state index in [4.69, 9.17) is 4.74 Å². The molecule has 0 amide bonds. The molecule has 4 rings (SSSR count). The second kappa shape index (κ2) is 9.65. The maximum atomic E-state index is 13.8. The number of hydrogen-bond acceptors (Lipinski definition) is 4. The van der Waals surface area contributed by atoms with E-state index < -0.39 is 44.1 Å². The molecule has 1 N–H and O–H groups in total. The minimum atomic E-state index is -4.72. The molecule has 0 saturated carbocycles. The summed E-state index contributed by atoms with van der Waals surface area (Å²) >= 11 is 0. The van der Waals surface area contributed by atoms with Crippen LogP contribution in [0.25, 0.3) is 11.1 Å². The van der Waals surface area contributed by atoms with Gasteiger partial charge in [-0.2, -0.15) is 13.2 Å². The van der Waals surface area contributed by atoms with Crippen LogP contribution in [0.2, 0.25) is 0 Å². The number of anilines is 1. The molecule has 0 spiro atoms. The van der Waals surface area contributed by atoms with Crippen molar-refractivity contribution < 1.29 is 36.2 Å². The number of rotatable bonds is 6. The van der Waals surface area contributed by atoms with Gasteiger partial charge in [-0.25, -0.2) is 8.42 Å². The Bertz CT molecular complexity index is 1500. The molecule has 1 heterocycles. The molecule has 0 saturated heterocycles. The number of carboxylic acids is 1. The number of carbonyl (C=O) groups is 1. The largest absolute Gasteiger partial charge is 0.486 e. The standard InChI is InChI=1S/C28H28F3NO5S/c1-17-8-9-18(2)23(12-17)19-10-11-25-24(13-19)32(16-21(37-25)15-27(3,4)26(33)34)38(35,36)22-7-5-6-20(14-22)28(29,30)31/h5-14,21H,15-16H2,1-4H3,(H,33,34)/t21-/m0/s1. The van der Waals surface area contributed by atoms with Crippen molar-refractivity contribution in [2.24, 2.45) is 5.41 Å². The SMILES string of the molecule is Cc1ccc(C)c(-c2ccc3c(c2)N(S(=O)(=O)c2cccc(C(F)(F)F)c2)C[C@H](CC(C)(C)C(=O)O)O3)c1. The third-order valence-corrected chi connectivity index (χ3v) is 8.44. The number of aliphatic carboxylic acids is 1. The fraction of sp³-hybridized carbons (Fsp3) is 0.321. The van der Waals surface area contributed by atoms with Gasteiger partial charge in [0.25, 0.3) is 10.0 Å². The summed E-state index contributed by atoms with van der Waals surface area (Å²) in [5, 5.41) is 9.59. The number of benzene rings is 3. The maximum absolute atomic E-state index is 13.8. The molecule has 0 unspecified atom stereocenters. The van der Waals surface area contributed by atoms with Crippen LogP contribution in [0.4, 0.5) is 18.9 Å². The lowest BCUT2D eigenvalue weighted by Crippen LogP contribution is -2.46. The van der Waals surface area contributed by atoms with E-state index >= 15 is 0 Å². The molecule has 1 aliphatic rings. The topological polar surface area (TPSA) is 83.9 Å². The summed E-state index contributed by atoms with van der Waals surface area (Å²) in [4.78, 5) is 11.2. The lowest BCUT2D eigenvalue weighted by Gasteiger charge is -2.38. The molecule has 202 valence electrons. The Hall–Kier alpha value is -3.53. The third-order valence-electron chi connectivity index (χ3n) is 6.66. The van der Waals surface area contributed by atoms with Gasteiger partial charge in [-0.05, 0) is 74.7 Å². The highest BCUT2D eigenvalue weighted by Crippen LogP contribution is 2.42. The Morgan fingerprint density at radius 1 is 1.05 bits per heavy atom. The van der Waals surface area contributed by atoms with Crippen LogP contribution in [-0.2, 0) is 21.0 Å². The van der Waals surface area contributed by atoms with Crippen LogP contribution in [0, 0.1) is 19.3 Å². The lowest BCUT2D eigenvalue weighted by molar-refractivity contribution is -0.148. The first-order chi connectivity index (χ1) is 17.6. The number of nitrogens with zero attached hydrogens (tertiary/aromatic N) is 1. The van der Waals surface area contributed by atoms with E-state index in [0.29, 0.717) is 11.6 Å². The average Bonchev–Trinajstić information content (AvgIpc) is 2.84. The monoisotopic (exact) mass is 547 g/mol. The highest BCUT2D eigenvalue weighted by atomic mass is 32.2.